The molecule has 0 aliphatic heterocycles. The van der Waals surface area contributed by atoms with E-state index < -0.39 is 10.8 Å². The van der Waals surface area contributed by atoms with Crippen LogP contribution < -0.4 is 4.74 Å². The predicted octanol–water partition coefficient (Wildman–Crippen LogP) is 3.06. The molecule has 0 aliphatic carbocycles. The van der Waals surface area contributed by atoms with E-state index >= 15 is 0 Å². The summed E-state index contributed by atoms with van der Waals surface area (Å²) in [7, 11) is 0.684. The van der Waals surface area contributed by atoms with Gasteiger partial charge in [0.2, 0.25) is 0 Å². The number of ether oxygens (including phenoxy) is 1. The van der Waals surface area contributed by atoms with E-state index in [-0.39, 0.29) is 0 Å². The fraction of sp³-hybridized carbons (Fsp3) is 0.167. The van der Waals surface area contributed by atoms with Crippen LogP contribution in [-0.2, 0) is 16.6 Å². The van der Waals surface area contributed by atoms with E-state index in [1.807, 2.05) is 41.8 Å². The van der Waals surface area contributed by atoms with Crippen molar-refractivity contribution < 1.29 is 8.95 Å². The minimum atomic E-state index is -0.951. The highest BCUT2D eigenvalue weighted by Gasteiger charge is 2.06. The molecule has 84 valence electrons. The molecule has 0 amide bonds. The Morgan fingerprint density at radius 3 is 2.88 bits per heavy atom. The van der Waals surface area contributed by atoms with E-state index in [0.717, 1.165) is 15.5 Å². The fourth-order valence-electron chi connectivity index (χ4n) is 1.38. The van der Waals surface area contributed by atoms with Gasteiger partial charge >= 0.3 is 0 Å². The van der Waals surface area contributed by atoms with Gasteiger partial charge in [0.15, 0.2) is 0 Å². The van der Waals surface area contributed by atoms with E-state index in [2.05, 4.69) is 0 Å². The lowest BCUT2D eigenvalue weighted by molar-refractivity contribution is 0.414. The smallest absolute Gasteiger partial charge is 0.119 e. The Kier molecular flexibility index (Phi) is 3.74. The molecule has 0 bridgehead atoms. The van der Waals surface area contributed by atoms with Crippen LogP contribution in [0.25, 0.3) is 0 Å². The molecule has 0 N–H and O–H groups in total. The Bertz CT molecular complexity index is 478. The quantitative estimate of drug-likeness (QED) is 0.836. The van der Waals surface area contributed by atoms with Crippen LogP contribution in [0.3, 0.4) is 0 Å². The number of methoxy groups -OCH3 is 1. The van der Waals surface area contributed by atoms with Crippen LogP contribution in [0.15, 0.2) is 46.0 Å². The lowest BCUT2D eigenvalue weighted by Gasteiger charge is -2.03. The molecule has 16 heavy (non-hydrogen) atoms. The van der Waals surface area contributed by atoms with E-state index in [1.54, 1.807) is 7.11 Å². The monoisotopic (exact) mass is 252 g/mol. The summed E-state index contributed by atoms with van der Waals surface area (Å²) in [6.45, 7) is 0. The van der Waals surface area contributed by atoms with E-state index in [9.17, 15) is 4.21 Å². The average molecular weight is 252 g/mol. The van der Waals surface area contributed by atoms with Crippen molar-refractivity contribution in [2.24, 2.45) is 0 Å². The summed E-state index contributed by atoms with van der Waals surface area (Å²) in [6.07, 6.45) is 0. The minimum absolute atomic E-state index is 0.539. The summed E-state index contributed by atoms with van der Waals surface area (Å²) >= 11 is 1.53. The van der Waals surface area contributed by atoms with Crippen LogP contribution in [0.4, 0.5) is 0 Å². The highest BCUT2D eigenvalue weighted by Crippen LogP contribution is 2.19. The van der Waals surface area contributed by atoms with E-state index in [4.69, 9.17) is 4.74 Å². The highest BCUT2D eigenvalue weighted by molar-refractivity contribution is 7.86. The van der Waals surface area contributed by atoms with Gasteiger partial charge in [0, 0.05) is 0 Å². The summed E-state index contributed by atoms with van der Waals surface area (Å²) in [5, 5.41) is 1.94. The Morgan fingerprint density at radius 2 is 2.19 bits per heavy atom. The van der Waals surface area contributed by atoms with Gasteiger partial charge < -0.3 is 4.74 Å². The van der Waals surface area contributed by atoms with E-state index in [0.29, 0.717) is 5.75 Å². The fourth-order valence-corrected chi connectivity index (χ4v) is 3.45. The molecule has 0 radical (unpaired) electrons. The van der Waals surface area contributed by atoms with Crippen molar-refractivity contribution in [2.75, 3.05) is 7.11 Å². The van der Waals surface area contributed by atoms with Gasteiger partial charge in [0.25, 0.3) is 0 Å². The van der Waals surface area contributed by atoms with Gasteiger partial charge in [-0.1, -0.05) is 18.2 Å². The zero-order chi connectivity index (χ0) is 11.4. The van der Waals surface area contributed by atoms with Crippen molar-refractivity contribution in [3.63, 3.8) is 0 Å². The first kappa shape index (κ1) is 11.4. The second-order valence-electron chi connectivity index (χ2n) is 3.27. The lowest BCUT2D eigenvalue weighted by atomic mass is 10.2. The number of rotatable bonds is 4. The predicted molar refractivity (Wildman–Crippen MR) is 67.4 cm³/mol. The molecule has 1 heterocycles. The third-order valence-electron chi connectivity index (χ3n) is 2.15. The maximum Gasteiger partial charge on any atom is 0.119 e. The van der Waals surface area contributed by atoms with Crippen molar-refractivity contribution in [3.05, 3.63) is 47.3 Å². The van der Waals surface area contributed by atoms with Crippen molar-refractivity contribution in [1.29, 1.82) is 0 Å². The lowest BCUT2D eigenvalue weighted by Crippen LogP contribution is -1.94. The number of hydrogen-bond donors (Lipinski definition) is 0. The first-order chi connectivity index (χ1) is 7.79. The van der Waals surface area contributed by atoms with Gasteiger partial charge in [-0.15, -0.1) is 11.3 Å². The van der Waals surface area contributed by atoms with Gasteiger partial charge in [0.1, 0.15) is 5.75 Å². The topological polar surface area (TPSA) is 26.3 Å². The van der Waals surface area contributed by atoms with Crippen molar-refractivity contribution in [1.82, 2.24) is 0 Å². The Balaban J connectivity index is 2.12. The first-order valence-corrected chi connectivity index (χ1v) is 7.04. The van der Waals surface area contributed by atoms with Crippen LogP contribution in [0.5, 0.6) is 5.75 Å². The summed E-state index contributed by atoms with van der Waals surface area (Å²) < 4.78 is 18.0. The SMILES string of the molecule is COc1cccc(C[S@](=O)c2cccs2)c1. The molecule has 1 atom stereocenters. The van der Waals surface area contributed by atoms with Gasteiger partial charge in [-0.2, -0.15) is 0 Å². The average Bonchev–Trinajstić information content (AvgIpc) is 2.83. The second-order valence-corrected chi connectivity index (χ2v) is 5.90. The van der Waals surface area contributed by atoms with E-state index in [1.165, 1.54) is 11.3 Å². The molecule has 0 spiro atoms. The van der Waals surface area contributed by atoms with Crippen LogP contribution in [-0.4, -0.2) is 11.3 Å². The van der Waals surface area contributed by atoms with Crippen molar-refractivity contribution in [2.45, 2.75) is 9.96 Å². The summed E-state index contributed by atoms with van der Waals surface area (Å²) in [6, 6.07) is 11.5. The molecule has 4 heteroatoms. The maximum atomic E-state index is 12.0. The summed E-state index contributed by atoms with van der Waals surface area (Å²) in [4.78, 5) is 0. The summed E-state index contributed by atoms with van der Waals surface area (Å²) in [5.74, 6) is 1.35. The normalized spacial score (nSPS) is 12.3. The molecule has 1 aromatic carbocycles. The Labute approximate surface area is 101 Å². The Morgan fingerprint density at radius 1 is 1.31 bits per heavy atom. The minimum Gasteiger partial charge on any atom is -0.497 e. The Hall–Kier alpha value is -1.13. The van der Waals surface area contributed by atoms with Crippen molar-refractivity contribution >= 4 is 22.1 Å². The van der Waals surface area contributed by atoms with Gasteiger partial charge in [-0.05, 0) is 29.1 Å². The molecule has 2 rings (SSSR count). The van der Waals surface area contributed by atoms with Crippen LogP contribution in [0.1, 0.15) is 5.56 Å². The van der Waals surface area contributed by atoms with Gasteiger partial charge in [0.05, 0.1) is 27.9 Å². The van der Waals surface area contributed by atoms with Gasteiger partial charge in [-0.25, -0.2) is 0 Å². The third-order valence-corrected chi connectivity index (χ3v) is 4.84. The molecule has 0 fully saturated rings. The molecule has 0 aliphatic rings. The van der Waals surface area contributed by atoms with Crippen LogP contribution >= 0.6 is 11.3 Å². The third kappa shape index (κ3) is 2.71. The molecule has 2 aromatic rings. The zero-order valence-corrected chi connectivity index (χ0v) is 10.5. The maximum absolute atomic E-state index is 12.0. The standard InChI is InChI=1S/C12H12O2S2/c1-14-11-5-2-4-10(8-11)9-16(13)12-6-3-7-15-12/h2-8H,9H2,1H3/t16-/m0/s1. The number of thiophene rings is 1. The molecular weight excluding hydrogens is 240 g/mol. The van der Waals surface area contributed by atoms with Crippen LogP contribution in [0.2, 0.25) is 0 Å². The van der Waals surface area contributed by atoms with Crippen LogP contribution in [0, 0.1) is 0 Å². The summed E-state index contributed by atoms with van der Waals surface area (Å²) in [5.41, 5.74) is 1.03. The number of hydrogen-bond acceptors (Lipinski definition) is 3. The second kappa shape index (κ2) is 5.27. The molecule has 1 aromatic heterocycles. The highest BCUT2D eigenvalue weighted by atomic mass is 32.2. The largest absolute Gasteiger partial charge is 0.497 e. The zero-order valence-electron chi connectivity index (χ0n) is 8.88. The molecule has 2 nitrogen and oxygen atoms in total. The number of benzene rings is 1. The molecular formula is C12H12O2S2. The first-order valence-electron chi connectivity index (χ1n) is 4.84. The van der Waals surface area contributed by atoms with Crippen molar-refractivity contribution in [3.8, 4) is 5.75 Å². The molecule has 0 saturated carbocycles. The van der Waals surface area contributed by atoms with Gasteiger partial charge in [-0.3, -0.25) is 4.21 Å². The molecule has 0 saturated heterocycles. The molecule has 0 unspecified atom stereocenters.